The fourth-order valence-corrected chi connectivity index (χ4v) is 1.49. The highest BCUT2D eigenvalue weighted by Gasteiger charge is 2.07. The van der Waals surface area contributed by atoms with Crippen molar-refractivity contribution in [2.24, 2.45) is 0 Å². The molecule has 0 amide bonds. The van der Waals surface area contributed by atoms with E-state index >= 15 is 0 Å². The second-order valence-corrected chi connectivity index (χ2v) is 4.33. The van der Waals surface area contributed by atoms with Gasteiger partial charge in [0.15, 0.2) is 5.82 Å². The molecule has 0 saturated carbocycles. The van der Waals surface area contributed by atoms with Crippen LogP contribution in [0.15, 0.2) is 27.6 Å². The van der Waals surface area contributed by atoms with E-state index in [9.17, 15) is 4.79 Å². The lowest BCUT2D eigenvalue weighted by molar-refractivity contribution is 1.04. The lowest BCUT2D eigenvalue weighted by Gasteiger charge is -2.02. The quantitative estimate of drug-likeness (QED) is 0.871. The van der Waals surface area contributed by atoms with Crippen LogP contribution in [0.25, 0.3) is 11.5 Å². The summed E-state index contributed by atoms with van der Waals surface area (Å²) in [5.41, 5.74) is 2.20. The number of hydrogen-bond acceptors (Lipinski definition) is 3. The zero-order valence-corrected chi connectivity index (χ0v) is 10.5. The van der Waals surface area contributed by atoms with E-state index in [1.165, 1.54) is 0 Å². The van der Waals surface area contributed by atoms with Gasteiger partial charge in [0.05, 0.1) is 5.69 Å². The van der Waals surface area contributed by atoms with E-state index in [2.05, 4.69) is 30.9 Å². The van der Waals surface area contributed by atoms with Gasteiger partial charge in [-0.2, -0.15) is 0 Å². The Balaban J connectivity index is 2.57. The largest absolute Gasteiger partial charge is 0.304 e. The third kappa shape index (κ3) is 2.04. The monoisotopic (exact) mass is 279 g/mol. The Morgan fingerprint density at radius 3 is 2.62 bits per heavy atom. The van der Waals surface area contributed by atoms with Crippen LogP contribution in [0, 0.1) is 13.8 Å². The van der Waals surface area contributed by atoms with Gasteiger partial charge in [-0.15, -0.1) is 0 Å². The van der Waals surface area contributed by atoms with Crippen LogP contribution >= 0.6 is 15.9 Å². The topological polar surface area (TPSA) is 58.6 Å². The molecule has 0 spiro atoms. The number of aromatic nitrogens is 3. The summed E-state index contributed by atoms with van der Waals surface area (Å²) in [6.45, 7) is 3.73. The second kappa shape index (κ2) is 4.17. The molecule has 2 heterocycles. The first-order chi connectivity index (χ1) is 7.58. The molecule has 0 fully saturated rings. The summed E-state index contributed by atoms with van der Waals surface area (Å²) >= 11 is 3.17. The molecule has 0 saturated heterocycles. The predicted molar refractivity (Wildman–Crippen MR) is 65.3 cm³/mol. The van der Waals surface area contributed by atoms with Crippen molar-refractivity contribution in [3.05, 3.63) is 44.4 Å². The summed E-state index contributed by atoms with van der Waals surface area (Å²) in [6, 6.07) is 3.76. The molecule has 4 nitrogen and oxygen atoms in total. The van der Waals surface area contributed by atoms with Gasteiger partial charge in [0.25, 0.3) is 5.56 Å². The number of hydrogen-bond donors (Lipinski definition) is 1. The number of H-pyrrole nitrogens is 1. The van der Waals surface area contributed by atoms with Crippen LogP contribution in [0.3, 0.4) is 0 Å². The molecule has 0 unspecified atom stereocenters. The molecule has 5 heteroatoms. The Morgan fingerprint density at radius 1 is 1.31 bits per heavy atom. The Kier molecular flexibility index (Phi) is 2.87. The summed E-state index contributed by atoms with van der Waals surface area (Å²) in [4.78, 5) is 22.7. The van der Waals surface area contributed by atoms with Crippen molar-refractivity contribution in [2.45, 2.75) is 13.8 Å². The summed E-state index contributed by atoms with van der Waals surface area (Å²) in [7, 11) is 0. The van der Waals surface area contributed by atoms with E-state index in [4.69, 9.17) is 0 Å². The molecule has 0 aromatic carbocycles. The highest BCUT2D eigenvalue weighted by atomic mass is 79.9. The standard InChI is InChI=1S/C11H10BrN3O/c1-6-3-4-8(13-5-6)10-14-7(2)9(12)11(16)15-10/h3-5H,1-2H3,(H,14,15,16). The first-order valence-electron chi connectivity index (χ1n) is 4.77. The minimum absolute atomic E-state index is 0.190. The smallest absolute Gasteiger partial charge is 0.265 e. The van der Waals surface area contributed by atoms with Gasteiger partial charge < -0.3 is 4.98 Å². The molecule has 2 aromatic rings. The molecule has 16 heavy (non-hydrogen) atoms. The lowest BCUT2D eigenvalue weighted by Crippen LogP contribution is -2.12. The van der Waals surface area contributed by atoms with Crippen LogP contribution in [0.5, 0.6) is 0 Å². The zero-order valence-electron chi connectivity index (χ0n) is 8.91. The van der Waals surface area contributed by atoms with Gasteiger partial charge in [-0.1, -0.05) is 6.07 Å². The fourth-order valence-electron chi connectivity index (χ4n) is 1.30. The molecular formula is C11H10BrN3O. The maximum atomic E-state index is 11.5. The van der Waals surface area contributed by atoms with Crippen LogP contribution in [-0.4, -0.2) is 15.0 Å². The Labute approximate surface area is 101 Å². The molecule has 2 rings (SSSR count). The number of nitrogens with zero attached hydrogens (tertiary/aromatic N) is 2. The van der Waals surface area contributed by atoms with Crippen molar-refractivity contribution in [3.63, 3.8) is 0 Å². The van der Waals surface area contributed by atoms with E-state index in [1.54, 1.807) is 13.1 Å². The van der Waals surface area contributed by atoms with Crippen LogP contribution < -0.4 is 5.56 Å². The molecule has 0 aliphatic rings. The third-order valence-electron chi connectivity index (χ3n) is 2.18. The Morgan fingerprint density at radius 2 is 2.06 bits per heavy atom. The van der Waals surface area contributed by atoms with Crippen LogP contribution in [0.2, 0.25) is 0 Å². The molecule has 0 atom stereocenters. The van der Waals surface area contributed by atoms with Crippen molar-refractivity contribution in [2.75, 3.05) is 0 Å². The molecule has 82 valence electrons. The van der Waals surface area contributed by atoms with Crippen LogP contribution in [0.4, 0.5) is 0 Å². The maximum absolute atomic E-state index is 11.5. The number of aryl methyl sites for hydroxylation is 2. The molecule has 0 radical (unpaired) electrons. The van der Waals surface area contributed by atoms with E-state index in [1.807, 2.05) is 19.1 Å². The zero-order chi connectivity index (χ0) is 11.7. The first kappa shape index (κ1) is 11.0. The summed E-state index contributed by atoms with van der Waals surface area (Å²) in [5.74, 6) is 0.491. The van der Waals surface area contributed by atoms with Gasteiger partial charge in [-0.05, 0) is 41.4 Å². The minimum Gasteiger partial charge on any atom is -0.304 e. The molecular weight excluding hydrogens is 270 g/mol. The summed E-state index contributed by atoms with van der Waals surface area (Å²) < 4.78 is 0.461. The van der Waals surface area contributed by atoms with Gasteiger partial charge in [0, 0.05) is 6.20 Å². The van der Waals surface area contributed by atoms with Crippen molar-refractivity contribution < 1.29 is 0 Å². The van der Waals surface area contributed by atoms with Gasteiger partial charge in [0.1, 0.15) is 10.2 Å². The predicted octanol–water partition coefficient (Wildman–Crippen LogP) is 2.21. The number of halogens is 1. The Bertz CT molecular complexity index is 575. The van der Waals surface area contributed by atoms with Crippen LogP contribution in [0.1, 0.15) is 11.3 Å². The van der Waals surface area contributed by atoms with Gasteiger partial charge in [-0.25, -0.2) is 4.98 Å². The minimum atomic E-state index is -0.190. The van der Waals surface area contributed by atoms with E-state index < -0.39 is 0 Å². The van der Waals surface area contributed by atoms with Crippen LogP contribution in [-0.2, 0) is 0 Å². The van der Waals surface area contributed by atoms with E-state index in [0.29, 0.717) is 21.7 Å². The fraction of sp³-hybridized carbons (Fsp3) is 0.182. The highest BCUT2D eigenvalue weighted by molar-refractivity contribution is 9.10. The van der Waals surface area contributed by atoms with E-state index in [-0.39, 0.29) is 5.56 Å². The summed E-state index contributed by atoms with van der Waals surface area (Å²) in [5, 5.41) is 0. The maximum Gasteiger partial charge on any atom is 0.265 e. The number of aromatic amines is 1. The second-order valence-electron chi connectivity index (χ2n) is 3.53. The van der Waals surface area contributed by atoms with E-state index in [0.717, 1.165) is 5.56 Å². The van der Waals surface area contributed by atoms with Gasteiger partial charge in [0.2, 0.25) is 0 Å². The molecule has 2 aromatic heterocycles. The number of rotatable bonds is 1. The number of pyridine rings is 1. The van der Waals surface area contributed by atoms with Crippen molar-refractivity contribution in [3.8, 4) is 11.5 Å². The van der Waals surface area contributed by atoms with Gasteiger partial charge >= 0.3 is 0 Å². The average molecular weight is 280 g/mol. The first-order valence-corrected chi connectivity index (χ1v) is 5.56. The van der Waals surface area contributed by atoms with Crippen molar-refractivity contribution >= 4 is 15.9 Å². The molecule has 0 aliphatic carbocycles. The Hall–Kier alpha value is -1.49. The molecule has 1 N–H and O–H groups in total. The highest BCUT2D eigenvalue weighted by Crippen LogP contribution is 2.14. The number of nitrogens with one attached hydrogen (secondary N) is 1. The van der Waals surface area contributed by atoms with Gasteiger partial charge in [-0.3, -0.25) is 9.78 Å². The lowest BCUT2D eigenvalue weighted by atomic mass is 10.2. The van der Waals surface area contributed by atoms with Crippen molar-refractivity contribution in [1.82, 2.24) is 15.0 Å². The molecule has 0 bridgehead atoms. The van der Waals surface area contributed by atoms with Crippen molar-refractivity contribution in [1.29, 1.82) is 0 Å². The molecule has 0 aliphatic heterocycles. The average Bonchev–Trinajstić information content (AvgIpc) is 2.26. The normalized spacial score (nSPS) is 10.4. The SMILES string of the molecule is Cc1ccc(-c2nc(C)c(Br)c(=O)[nH]2)nc1. The third-order valence-corrected chi connectivity index (χ3v) is 3.12. The summed E-state index contributed by atoms with van der Waals surface area (Å²) in [6.07, 6.45) is 1.74.